The van der Waals surface area contributed by atoms with Gasteiger partial charge in [-0.25, -0.2) is 4.98 Å². The maximum atomic E-state index is 9.09. The highest BCUT2D eigenvalue weighted by atomic mass is 16.5. The van der Waals surface area contributed by atoms with Gasteiger partial charge in [-0.3, -0.25) is 13.7 Å². The summed E-state index contributed by atoms with van der Waals surface area (Å²) in [6.45, 7) is 11.2. The maximum absolute atomic E-state index is 9.09. The van der Waals surface area contributed by atoms with Crippen molar-refractivity contribution in [3.05, 3.63) is 259 Å². The Morgan fingerprint density at radius 2 is 1.19 bits per heavy atom. The number of aromatic nitrogens is 4. The molecule has 5 heteroatoms. The van der Waals surface area contributed by atoms with Crippen molar-refractivity contribution < 1.29 is 23.0 Å². The van der Waals surface area contributed by atoms with Crippen molar-refractivity contribution in [2.75, 3.05) is 0 Å². The van der Waals surface area contributed by atoms with Gasteiger partial charge in [0, 0.05) is 28.6 Å². The van der Waals surface area contributed by atoms with Crippen molar-refractivity contribution in [3.63, 3.8) is 0 Å². The smallest absolute Gasteiger partial charge is 0.269 e. The van der Waals surface area contributed by atoms with Crippen molar-refractivity contribution in [2.45, 2.75) is 51.9 Å². The predicted octanol–water partition coefficient (Wildman–Crippen LogP) is 16.8. The number of ether oxygens (including phenoxy) is 1. The second-order valence-corrected chi connectivity index (χ2v) is 20.0. The lowest BCUT2D eigenvalue weighted by Gasteiger charge is -2.27. The molecule has 0 unspecified atom stereocenters. The van der Waals surface area contributed by atoms with Crippen molar-refractivity contribution in [1.82, 2.24) is 14.1 Å². The SMILES string of the molecule is [2H]c1c([2H])c([2H])c(-c2cccc(-c3c([2H])c([2H])c([2H])c([2H])c3[2H])c2-[n+]2[c-]n(-c3cccc(Oc4ccc5c6cc(C(C)(C)C)ccc6n(-c6cc(CC(C)(C)c7ccccc7)c(-c7ccccc7)cn6)c5c4)c3)c3ccccc32)c([2H])c1[2H]. The Labute approximate surface area is 442 Å². The third-order valence-corrected chi connectivity index (χ3v) is 13.8. The second-order valence-electron chi connectivity index (χ2n) is 20.0. The monoisotopic (exact) mass is 955 g/mol. The van der Waals surface area contributed by atoms with Crippen molar-refractivity contribution in [1.29, 1.82) is 0 Å². The molecular weight excluding hydrogens is 889 g/mol. The van der Waals surface area contributed by atoms with Crippen LogP contribution < -0.4 is 9.30 Å². The molecular formula is C68H56N4O. The molecule has 0 saturated heterocycles. The van der Waals surface area contributed by atoms with Gasteiger partial charge in [0.1, 0.15) is 17.3 Å². The van der Waals surface area contributed by atoms with Gasteiger partial charge in [0.25, 0.3) is 6.33 Å². The molecule has 3 aromatic heterocycles. The van der Waals surface area contributed by atoms with Crippen LogP contribution >= 0.6 is 0 Å². The van der Waals surface area contributed by atoms with Gasteiger partial charge >= 0.3 is 0 Å². The number of nitrogens with zero attached hydrogens (tertiary/aromatic N) is 4. The maximum Gasteiger partial charge on any atom is 0.269 e. The molecule has 3 heterocycles. The summed E-state index contributed by atoms with van der Waals surface area (Å²) in [5, 5.41) is 2.13. The molecule has 0 radical (unpaired) electrons. The number of benzene rings is 9. The van der Waals surface area contributed by atoms with E-state index in [2.05, 4.69) is 137 Å². The lowest BCUT2D eigenvalue weighted by atomic mass is 9.78. The van der Waals surface area contributed by atoms with Gasteiger partial charge in [-0.2, -0.15) is 0 Å². The van der Waals surface area contributed by atoms with Crippen LogP contribution in [0.5, 0.6) is 11.5 Å². The van der Waals surface area contributed by atoms with E-state index in [-0.39, 0.29) is 38.8 Å². The Morgan fingerprint density at radius 3 is 1.90 bits per heavy atom. The van der Waals surface area contributed by atoms with E-state index in [1.54, 1.807) is 22.8 Å². The Balaban J connectivity index is 1.01. The fourth-order valence-corrected chi connectivity index (χ4v) is 10.1. The lowest BCUT2D eigenvalue weighted by Crippen LogP contribution is -2.31. The zero-order chi connectivity index (χ0) is 58.4. The number of fused-ring (bicyclic) bond motifs is 4. The Bertz CT molecular complexity index is 4440. The summed E-state index contributed by atoms with van der Waals surface area (Å²) in [6, 6.07) is 50.6. The summed E-state index contributed by atoms with van der Waals surface area (Å²) in [7, 11) is 0. The summed E-state index contributed by atoms with van der Waals surface area (Å²) in [4.78, 5) is 5.25. The average Bonchev–Trinajstić information content (AvgIpc) is 3.00. The fourth-order valence-electron chi connectivity index (χ4n) is 10.1. The Morgan fingerprint density at radius 1 is 0.534 bits per heavy atom. The third-order valence-electron chi connectivity index (χ3n) is 13.8. The molecule has 0 aliphatic heterocycles. The summed E-state index contributed by atoms with van der Waals surface area (Å²) < 4.78 is 100. The highest BCUT2D eigenvalue weighted by molar-refractivity contribution is 6.10. The molecule has 0 amide bonds. The first-order valence-electron chi connectivity index (χ1n) is 29.4. The standard InChI is InChI=1S/C68H56N4O/c1-67(2,3)52-36-39-61-59(41-52)58-38-37-55(43-64(58)72(61)65-40-50(44-68(4,5)51-28-16-9-17-29-51)60(45-69-65)49-26-14-8-15-27-49)73-54-31-20-30-53(42-54)70-46-71(63-35-19-18-34-62(63)70)66-56(47-22-10-6-11-23-47)32-21-33-57(66)48-24-12-7-13-25-48/h6-43,45H,44H2,1-5H3/i6D,7D,10D,11D,12D,13D,22D,23D,24D,25D. The van der Waals surface area contributed by atoms with Crippen LogP contribution in [0, 0.1) is 6.33 Å². The van der Waals surface area contributed by atoms with Crippen LogP contribution in [0.3, 0.4) is 0 Å². The third kappa shape index (κ3) is 8.57. The molecule has 12 rings (SSSR count). The van der Waals surface area contributed by atoms with Gasteiger partial charge in [-0.1, -0.05) is 210 Å². The Hall–Kier alpha value is -8.80. The quantitative estimate of drug-likeness (QED) is 0.0957. The van der Waals surface area contributed by atoms with Crippen LogP contribution in [0.25, 0.3) is 83.4 Å². The first-order chi connectivity index (χ1) is 39.7. The molecule has 5 nitrogen and oxygen atoms in total. The molecule has 0 atom stereocenters. The number of hydrogen-bond donors (Lipinski definition) is 0. The number of pyridine rings is 1. The normalized spacial score (nSPS) is 13.9. The summed E-state index contributed by atoms with van der Waals surface area (Å²) >= 11 is 0. The molecule has 0 fully saturated rings. The first kappa shape index (κ1) is 35.3. The van der Waals surface area contributed by atoms with Gasteiger partial charge in [-0.05, 0) is 110 Å². The zero-order valence-corrected chi connectivity index (χ0v) is 41.1. The van der Waals surface area contributed by atoms with Gasteiger partial charge in [0.2, 0.25) is 0 Å². The van der Waals surface area contributed by atoms with Crippen LogP contribution in [0.4, 0.5) is 0 Å². The molecule has 0 bridgehead atoms. The van der Waals surface area contributed by atoms with E-state index in [1.165, 1.54) is 16.7 Å². The number of imidazole rings is 1. The molecule has 73 heavy (non-hydrogen) atoms. The molecule has 0 saturated carbocycles. The average molecular weight is 955 g/mol. The van der Waals surface area contributed by atoms with E-state index in [9.17, 15) is 0 Å². The minimum Gasteiger partial charge on any atom is -0.458 e. The largest absolute Gasteiger partial charge is 0.458 e. The van der Waals surface area contributed by atoms with E-state index in [0.29, 0.717) is 28.2 Å². The molecule has 0 aliphatic carbocycles. The number of rotatable bonds is 11. The molecule has 9 aromatic carbocycles. The van der Waals surface area contributed by atoms with Crippen molar-refractivity contribution in [3.8, 4) is 62.1 Å². The zero-order valence-electron chi connectivity index (χ0n) is 51.1. The minimum atomic E-state index is -0.569. The van der Waals surface area contributed by atoms with Gasteiger partial charge in [-0.15, -0.1) is 0 Å². The number of para-hydroxylation sites is 3. The predicted molar refractivity (Wildman–Crippen MR) is 300 cm³/mol. The Kier molecular flexibility index (Phi) is 8.92. The van der Waals surface area contributed by atoms with E-state index in [0.717, 1.165) is 45.2 Å². The van der Waals surface area contributed by atoms with Crippen LogP contribution in [-0.2, 0) is 17.3 Å². The van der Waals surface area contributed by atoms with Gasteiger partial charge in [0.05, 0.1) is 47.1 Å². The minimum absolute atomic E-state index is 0.107. The van der Waals surface area contributed by atoms with Crippen LogP contribution in [0.15, 0.2) is 236 Å². The second kappa shape index (κ2) is 18.4. The number of hydrogen-bond acceptors (Lipinski definition) is 2. The van der Waals surface area contributed by atoms with Crippen LogP contribution in [0.2, 0.25) is 0 Å². The van der Waals surface area contributed by atoms with E-state index < -0.39 is 60.4 Å². The molecule has 12 aromatic rings. The van der Waals surface area contributed by atoms with Crippen molar-refractivity contribution >= 4 is 32.8 Å². The fraction of sp³-hybridized carbons (Fsp3) is 0.118. The van der Waals surface area contributed by atoms with Crippen molar-refractivity contribution in [2.24, 2.45) is 0 Å². The van der Waals surface area contributed by atoms with E-state index in [1.807, 2.05) is 71.4 Å². The molecule has 0 aliphatic rings. The summed E-state index contributed by atoms with van der Waals surface area (Å²) in [6.07, 6.45) is 6.24. The summed E-state index contributed by atoms with van der Waals surface area (Å²) in [5.74, 6) is 1.86. The molecule has 0 N–H and O–H groups in total. The van der Waals surface area contributed by atoms with Gasteiger partial charge < -0.3 is 4.74 Å². The van der Waals surface area contributed by atoms with E-state index >= 15 is 0 Å². The first-order valence-corrected chi connectivity index (χ1v) is 24.4. The van der Waals surface area contributed by atoms with Gasteiger partial charge in [0.15, 0.2) is 0 Å². The molecule has 354 valence electrons. The lowest BCUT2D eigenvalue weighted by molar-refractivity contribution is -0.571. The van der Waals surface area contributed by atoms with Crippen LogP contribution in [-0.4, -0.2) is 14.1 Å². The van der Waals surface area contributed by atoms with Crippen LogP contribution in [0.1, 0.15) is 65.0 Å². The topological polar surface area (TPSA) is 35.9 Å². The highest BCUT2D eigenvalue weighted by Gasteiger charge is 2.26. The summed E-state index contributed by atoms with van der Waals surface area (Å²) in [5.41, 5.74) is 9.44. The highest BCUT2D eigenvalue weighted by Crippen LogP contribution is 2.40. The van der Waals surface area contributed by atoms with E-state index in [4.69, 9.17) is 23.4 Å². The molecule has 0 spiro atoms.